The van der Waals surface area contributed by atoms with E-state index in [-0.39, 0.29) is 11.2 Å². The molecule has 0 saturated carbocycles. The highest BCUT2D eigenvalue weighted by Crippen LogP contribution is 2.33. The van der Waals surface area contributed by atoms with Crippen LogP contribution < -0.4 is 0 Å². The highest BCUT2D eigenvalue weighted by molar-refractivity contribution is 5.58. The van der Waals surface area contributed by atoms with Crippen molar-refractivity contribution >= 4 is 0 Å². The summed E-state index contributed by atoms with van der Waals surface area (Å²) in [6, 6.07) is 5.44. The van der Waals surface area contributed by atoms with Crippen molar-refractivity contribution in [1.82, 2.24) is 10.2 Å². The van der Waals surface area contributed by atoms with Gasteiger partial charge in [-0.1, -0.05) is 26.8 Å². The monoisotopic (exact) mass is 232 g/mol. The Bertz CT molecular complexity index is 539. The van der Waals surface area contributed by atoms with Crippen LogP contribution in [0.25, 0.3) is 11.5 Å². The van der Waals surface area contributed by atoms with Crippen LogP contribution in [-0.2, 0) is 5.41 Å². The summed E-state index contributed by atoms with van der Waals surface area (Å²) in [4.78, 5) is 0. The smallest absolute Gasteiger partial charge is 0.247 e. The van der Waals surface area contributed by atoms with Gasteiger partial charge in [0.2, 0.25) is 11.8 Å². The van der Waals surface area contributed by atoms with Crippen molar-refractivity contribution in [3.8, 4) is 17.2 Å². The number of phenolic OH excluding ortho intramolecular Hbond substituents is 1. The summed E-state index contributed by atoms with van der Waals surface area (Å²) in [6.07, 6.45) is 0. The second-order valence-electron chi connectivity index (χ2n) is 5.11. The van der Waals surface area contributed by atoms with Gasteiger partial charge in [-0.05, 0) is 23.1 Å². The second-order valence-corrected chi connectivity index (χ2v) is 5.11. The zero-order valence-corrected chi connectivity index (χ0v) is 10.5. The molecule has 0 spiro atoms. The number of hydrogen-bond donors (Lipinski definition) is 1. The maximum atomic E-state index is 10.0. The van der Waals surface area contributed by atoms with Crippen molar-refractivity contribution in [3.63, 3.8) is 0 Å². The summed E-state index contributed by atoms with van der Waals surface area (Å²) in [5, 5.41) is 17.7. The van der Waals surface area contributed by atoms with E-state index < -0.39 is 0 Å². The van der Waals surface area contributed by atoms with Crippen molar-refractivity contribution in [1.29, 1.82) is 0 Å². The summed E-state index contributed by atoms with van der Waals surface area (Å²) >= 11 is 0. The lowest BCUT2D eigenvalue weighted by atomic mass is 9.86. The van der Waals surface area contributed by atoms with Gasteiger partial charge in [0.15, 0.2) is 0 Å². The van der Waals surface area contributed by atoms with Gasteiger partial charge in [0.25, 0.3) is 0 Å². The first-order valence-corrected chi connectivity index (χ1v) is 5.52. The minimum atomic E-state index is -0.0899. The lowest BCUT2D eigenvalue weighted by molar-refractivity contribution is 0.446. The number of hydrogen-bond acceptors (Lipinski definition) is 4. The Kier molecular flexibility index (Phi) is 2.65. The third kappa shape index (κ3) is 2.30. The summed E-state index contributed by atoms with van der Waals surface area (Å²) in [5.74, 6) is 1.20. The molecule has 0 aliphatic rings. The van der Waals surface area contributed by atoms with E-state index in [1.165, 1.54) is 0 Å². The summed E-state index contributed by atoms with van der Waals surface area (Å²) in [7, 11) is 0. The summed E-state index contributed by atoms with van der Waals surface area (Å²) in [6.45, 7) is 7.90. The van der Waals surface area contributed by atoms with E-state index >= 15 is 0 Å². The van der Waals surface area contributed by atoms with E-state index in [9.17, 15) is 5.11 Å². The van der Waals surface area contributed by atoms with Crippen LogP contribution in [0.4, 0.5) is 0 Å². The molecule has 2 aromatic rings. The van der Waals surface area contributed by atoms with Gasteiger partial charge < -0.3 is 9.52 Å². The Morgan fingerprint density at radius 3 is 2.35 bits per heavy atom. The maximum absolute atomic E-state index is 10.0. The fourth-order valence-electron chi connectivity index (χ4n) is 1.71. The maximum Gasteiger partial charge on any atom is 0.247 e. The first kappa shape index (κ1) is 11.6. The highest BCUT2D eigenvalue weighted by atomic mass is 16.4. The van der Waals surface area contributed by atoms with Gasteiger partial charge in [0.1, 0.15) is 5.75 Å². The lowest BCUT2D eigenvalue weighted by Crippen LogP contribution is -2.11. The van der Waals surface area contributed by atoms with Crippen LogP contribution in [0.2, 0.25) is 0 Å². The molecule has 1 heterocycles. The van der Waals surface area contributed by atoms with E-state index in [0.717, 1.165) is 11.1 Å². The number of nitrogens with zero attached hydrogens (tertiary/aromatic N) is 2. The van der Waals surface area contributed by atoms with Gasteiger partial charge in [0.05, 0.1) is 0 Å². The molecule has 1 aromatic carbocycles. The molecule has 0 radical (unpaired) electrons. The normalized spacial score (nSPS) is 11.8. The molecule has 0 aliphatic carbocycles. The van der Waals surface area contributed by atoms with Crippen LogP contribution in [0, 0.1) is 6.92 Å². The van der Waals surface area contributed by atoms with Crippen molar-refractivity contribution in [2.75, 3.05) is 0 Å². The molecule has 4 nitrogen and oxygen atoms in total. The van der Waals surface area contributed by atoms with E-state index in [4.69, 9.17) is 4.42 Å². The van der Waals surface area contributed by atoms with Crippen LogP contribution in [-0.4, -0.2) is 15.3 Å². The fourth-order valence-corrected chi connectivity index (χ4v) is 1.71. The van der Waals surface area contributed by atoms with Crippen molar-refractivity contribution < 1.29 is 9.52 Å². The average Bonchev–Trinajstić information content (AvgIpc) is 2.62. The third-order valence-corrected chi connectivity index (χ3v) is 2.58. The predicted molar refractivity (Wildman–Crippen MR) is 64.8 cm³/mol. The van der Waals surface area contributed by atoms with Gasteiger partial charge in [-0.2, -0.15) is 0 Å². The predicted octanol–water partition coefficient (Wildman–Crippen LogP) is 3.05. The standard InChI is InChI=1S/C13H16N2O2/c1-8-14-15-12(17-8)9-5-6-10(11(16)7-9)13(2,3)4/h5-7,16H,1-4H3. The van der Waals surface area contributed by atoms with Crippen molar-refractivity contribution in [2.24, 2.45) is 0 Å². The molecular formula is C13H16N2O2. The summed E-state index contributed by atoms with van der Waals surface area (Å²) in [5.41, 5.74) is 1.54. The Hall–Kier alpha value is -1.84. The third-order valence-electron chi connectivity index (χ3n) is 2.58. The Labute approximate surface area is 100 Å². The van der Waals surface area contributed by atoms with Gasteiger partial charge >= 0.3 is 0 Å². The molecule has 17 heavy (non-hydrogen) atoms. The Balaban J connectivity index is 2.44. The number of aromatic hydroxyl groups is 1. The van der Waals surface area contributed by atoms with Crippen LogP contribution in [0.15, 0.2) is 22.6 Å². The van der Waals surface area contributed by atoms with Gasteiger partial charge in [-0.15, -0.1) is 10.2 Å². The first-order chi connectivity index (χ1) is 7.88. The average molecular weight is 232 g/mol. The molecule has 0 aliphatic heterocycles. The molecule has 2 rings (SSSR count). The SMILES string of the molecule is Cc1nnc(-c2ccc(C(C)(C)C)c(O)c2)o1. The molecular weight excluding hydrogens is 216 g/mol. The molecule has 0 fully saturated rings. The number of phenols is 1. The van der Waals surface area contributed by atoms with Crippen LogP contribution >= 0.6 is 0 Å². The minimum absolute atomic E-state index is 0.0899. The molecule has 0 unspecified atom stereocenters. The summed E-state index contributed by atoms with van der Waals surface area (Å²) < 4.78 is 5.32. The molecule has 0 saturated heterocycles. The number of benzene rings is 1. The number of aromatic nitrogens is 2. The topological polar surface area (TPSA) is 59.2 Å². The molecule has 90 valence electrons. The zero-order valence-electron chi connectivity index (χ0n) is 10.5. The number of rotatable bonds is 1. The molecule has 0 atom stereocenters. The van der Waals surface area contributed by atoms with Crippen LogP contribution in [0.3, 0.4) is 0 Å². The van der Waals surface area contributed by atoms with Crippen LogP contribution in [0.1, 0.15) is 32.2 Å². The highest BCUT2D eigenvalue weighted by Gasteiger charge is 2.19. The molecule has 0 amide bonds. The lowest BCUT2D eigenvalue weighted by Gasteiger charge is -2.20. The van der Waals surface area contributed by atoms with Crippen molar-refractivity contribution in [3.05, 3.63) is 29.7 Å². The van der Waals surface area contributed by atoms with Gasteiger partial charge in [-0.3, -0.25) is 0 Å². The molecule has 1 aromatic heterocycles. The number of aryl methyl sites for hydroxylation is 1. The molecule has 0 bridgehead atoms. The molecule has 4 heteroatoms. The first-order valence-electron chi connectivity index (χ1n) is 5.52. The fraction of sp³-hybridized carbons (Fsp3) is 0.385. The van der Waals surface area contributed by atoms with E-state index in [2.05, 4.69) is 31.0 Å². The largest absolute Gasteiger partial charge is 0.508 e. The Morgan fingerprint density at radius 2 is 1.88 bits per heavy atom. The van der Waals surface area contributed by atoms with E-state index in [1.807, 2.05) is 12.1 Å². The van der Waals surface area contributed by atoms with E-state index in [0.29, 0.717) is 11.8 Å². The van der Waals surface area contributed by atoms with Gasteiger partial charge in [-0.25, -0.2) is 0 Å². The van der Waals surface area contributed by atoms with Crippen LogP contribution in [0.5, 0.6) is 5.75 Å². The molecule has 1 N–H and O–H groups in total. The van der Waals surface area contributed by atoms with E-state index in [1.54, 1.807) is 13.0 Å². The quantitative estimate of drug-likeness (QED) is 0.821. The minimum Gasteiger partial charge on any atom is -0.508 e. The Morgan fingerprint density at radius 1 is 1.18 bits per heavy atom. The van der Waals surface area contributed by atoms with Crippen molar-refractivity contribution in [2.45, 2.75) is 33.1 Å². The van der Waals surface area contributed by atoms with Gasteiger partial charge in [0, 0.05) is 12.5 Å². The second kappa shape index (κ2) is 3.87. The zero-order chi connectivity index (χ0) is 12.6.